The fraction of sp³-hybridized carbons (Fsp3) is 0.357. The summed E-state index contributed by atoms with van der Waals surface area (Å²) < 4.78 is 26.8. The first-order valence-corrected chi connectivity index (χ1v) is 7.93. The van der Waals surface area contributed by atoms with Crippen molar-refractivity contribution in [3.8, 4) is 0 Å². The molecule has 2 aromatic rings. The van der Waals surface area contributed by atoms with Gasteiger partial charge in [0.05, 0.1) is 4.90 Å². The number of pyridine rings is 1. The Morgan fingerprint density at radius 2 is 2.10 bits per heavy atom. The molecule has 0 amide bonds. The lowest BCUT2D eigenvalue weighted by molar-refractivity contribution is 0.375. The van der Waals surface area contributed by atoms with Gasteiger partial charge in [0.2, 0.25) is 10.0 Å². The molecule has 1 heterocycles. The van der Waals surface area contributed by atoms with Gasteiger partial charge in [-0.25, -0.2) is 8.42 Å². The highest BCUT2D eigenvalue weighted by Gasteiger charge is 2.26. The first-order valence-electron chi connectivity index (χ1n) is 6.49. The normalized spacial score (nSPS) is 13.8. The van der Waals surface area contributed by atoms with Crippen LogP contribution in [0.5, 0.6) is 0 Å². The van der Waals surface area contributed by atoms with E-state index in [4.69, 9.17) is 5.73 Å². The van der Waals surface area contributed by atoms with Gasteiger partial charge in [0, 0.05) is 36.3 Å². The molecule has 2 rings (SSSR count). The monoisotopic (exact) mass is 293 g/mol. The topological polar surface area (TPSA) is 76.3 Å². The van der Waals surface area contributed by atoms with Gasteiger partial charge in [-0.2, -0.15) is 4.31 Å². The van der Waals surface area contributed by atoms with Gasteiger partial charge in [0.15, 0.2) is 0 Å². The minimum Gasteiger partial charge on any atom is -0.330 e. The second-order valence-corrected chi connectivity index (χ2v) is 6.77. The summed E-state index contributed by atoms with van der Waals surface area (Å²) in [5.74, 6) is 0. The fourth-order valence-corrected chi connectivity index (χ4v) is 3.74. The van der Waals surface area contributed by atoms with Crippen LogP contribution >= 0.6 is 0 Å². The third-order valence-corrected chi connectivity index (χ3v) is 5.53. The second kappa shape index (κ2) is 5.87. The average molecular weight is 293 g/mol. The highest BCUT2D eigenvalue weighted by atomic mass is 32.2. The maximum Gasteiger partial charge on any atom is 0.243 e. The number of hydrogen-bond acceptors (Lipinski definition) is 4. The van der Waals surface area contributed by atoms with E-state index >= 15 is 0 Å². The largest absolute Gasteiger partial charge is 0.330 e. The number of hydrogen-bond donors (Lipinski definition) is 1. The van der Waals surface area contributed by atoms with Crippen molar-refractivity contribution >= 4 is 20.8 Å². The molecule has 108 valence electrons. The predicted octanol–water partition coefficient (Wildman–Crippen LogP) is 1.59. The lowest BCUT2D eigenvalue weighted by Gasteiger charge is -2.24. The van der Waals surface area contributed by atoms with Gasteiger partial charge in [-0.15, -0.1) is 0 Å². The Balaban J connectivity index is 2.52. The molecular formula is C14H19N3O2S. The van der Waals surface area contributed by atoms with Crippen molar-refractivity contribution < 1.29 is 8.42 Å². The van der Waals surface area contributed by atoms with Crippen molar-refractivity contribution in [1.82, 2.24) is 9.29 Å². The summed E-state index contributed by atoms with van der Waals surface area (Å²) in [5, 5.41) is 1.50. The van der Waals surface area contributed by atoms with Crippen molar-refractivity contribution in [1.29, 1.82) is 0 Å². The Labute approximate surface area is 119 Å². The van der Waals surface area contributed by atoms with Crippen LogP contribution in [-0.4, -0.2) is 37.3 Å². The van der Waals surface area contributed by atoms with Gasteiger partial charge in [0.1, 0.15) is 0 Å². The van der Waals surface area contributed by atoms with Crippen LogP contribution in [0.3, 0.4) is 0 Å². The summed E-state index contributed by atoms with van der Waals surface area (Å²) in [6, 6.07) is 6.80. The second-order valence-electron chi connectivity index (χ2n) is 4.80. The van der Waals surface area contributed by atoms with Crippen LogP contribution in [-0.2, 0) is 10.0 Å². The smallest absolute Gasteiger partial charge is 0.243 e. The number of fused-ring (bicyclic) bond motifs is 1. The fourth-order valence-electron chi connectivity index (χ4n) is 2.13. The molecule has 2 N–H and O–H groups in total. The van der Waals surface area contributed by atoms with E-state index in [1.54, 1.807) is 37.6 Å². The number of aromatic nitrogens is 1. The molecule has 1 atom stereocenters. The molecule has 0 radical (unpaired) electrons. The van der Waals surface area contributed by atoms with Crippen LogP contribution in [0.15, 0.2) is 41.6 Å². The summed E-state index contributed by atoms with van der Waals surface area (Å²) in [5.41, 5.74) is 5.51. The van der Waals surface area contributed by atoms with Gasteiger partial charge >= 0.3 is 0 Å². The number of nitrogens with zero attached hydrogens (tertiary/aromatic N) is 2. The molecule has 1 aromatic carbocycles. The van der Waals surface area contributed by atoms with Crippen LogP contribution in [0, 0.1) is 0 Å². The zero-order valence-electron chi connectivity index (χ0n) is 11.7. The Kier molecular flexibility index (Phi) is 4.37. The minimum atomic E-state index is -3.54. The molecule has 20 heavy (non-hydrogen) atoms. The van der Waals surface area contributed by atoms with Crippen LogP contribution in [0.2, 0.25) is 0 Å². The molecule has 0 saturated carbocycles. The van der Waals surface area contributed by atoms with Crippen LogP contribution in [0.25, 0.3) is 10.8 Å². The summed E-state index contributed by atoms with van der Waals surface area (Å²) in [4.78, 5) is 4.33. The summed E-state index contributed by atoms with van der Waals surface area (Å²) in [7, 11) is -1.94. The molecular weight excluding hydrogens is 274 g/mol. The van der Waals surface area contributed by atoms with Crippen LogP contribution in [0.4, 0.5) is 0 Å². The lowest BCUT2D eigenvalue weighted by atomic mass is 10.2. The maximum absolute atomic E-state index is 12.7. The first kappa shape index (κ1) is 14.9. The van der Waals surface area contributed by atoms with E-state index < -0.39 is 10.0 Å². The molecule has 0 aliphatic carbocycles. The maximum atomic E-state index is 12.7. The van der Waals surface area contributed by atoms with Gasteiger partial charge < -0.3 is 5.73 Å². The molecule has 0 fully saturated rings. The molecule has 0 bridgehead atoms. The summed E-state index contributed by atoms with van der Waals surface area (Å²) in [6.07, 6.45) is 3.89. The Bertz CT molecular complexity index is 695. The highest BCUT2D eigenvalue weighted by molar-refractivity contribution is 7.89. The van der Waals surface area contributed by atoms with Gasteiger partial charge in [0.25, 0.3) is 0 Å². The van der Waals surface area contributed by atoms with E-state index in [1.165, 1.54) is 4.31 Å². The third-order valence-electron chi connectivity index (χ3n) is 3.50. The molecule has 0 spiro atoms. The van der Waals surface area contributed by atoms with E-state index in [-0.39, 0.29) is 6.04 Å². The van der Waals surface area contributed by atoms with Crippen molar-refractivity contribution in [2.45, 2.75) is 24.3 Å². The number of sulfonamides is 1. The summed E-state index contributed by atoms with van der Waals surface area (Å²) >= 11 is 0. The lowest BCUT2D eigenvalue weighted by Crippen LogP contribution is -2.36. The van der Waals surface area contributed by atoms with Crippen molar-refractivity contribution in [2.24, 2.45) is 5.73 Å². The van der Waals surface area contributed by atoms with Crippen LogP contribution < -0.4 is 5.73 Å². The molecule has 1 unspecified atom stereocenters. The Morgan fingerprint density at radius 1 is 1.35 bits per heavy atom. The SMILES string of the molecule is CC(CCN)N(C)S(=O)(=O)c1cccc2cnccc12. The molecule has 0 aliphatic heterocycles. The van der Waals surface area contributed by atoms with E-state index in [9.17, 15) is 8.42 Å². The van der Waals surface area contributed by atoms with Gasteiger partial charge in [-0.3, -0.25) is 4.98 Å². The quantitative estimate of drug-likeness (QED) is 0.908. The molecule has 5 nitrogen and oxygen atoms in total. The number of benzene rings is 1. The van der Waals surface area contributed by atoms with E-state index in [2.05, 4.69) is 4.98 Å². The van der Waals surface area contributed by atoms with Gasteiger partial charge in [-0.05, 0) is 32.0 Å². The number of rotatable bonds is 5. The minimum absolute atomic E-state index is 0.137. The van der Waals surface area contributed by atoms with Gasteiger partial charge in [-0.1, -0.05) is 12.1 Å². The number of nitrogens with two attached hydrogens (primary N) is 1. The average Bonchev–Trinajstić information content (AvgIpc) is 2.46. The Morgan fingerprint density at radius 3 is 2.80 bits per heavy atom. The molecule has 0 aliphatic rings. The Hall–Kier alpha value is -1.50. The first-order chi connectivity index (χ1) is 9.48. The predicted molar refractivity (Wildman–Crippen MR) is 79.8 cm³/mol. The zero-order chi connectivity index (χ0) is 14.8. The highest BCUT2D eigenvalue weighted by Crippen LogP contribution is 2.25. The molecule has 0 saturated heterocycles. The molecule has 6 heteroatoms. The summed E-state index contributed by atoms with van der Waals surface area (Å²) in [6.45, 7) is 2.32. The van der Waals surface area contributed by atoms with Crippen molar-refractivity contribution in [3.05, 3.63) is 36.7 Å². The van der Waals surface area contributed by atoms with Crippen molar-refractivity contribution in [3.63, 3.8) is 0 Å². The van der Waals surface area contributed by atoms with Crippen LogP contribution in [0.1, 0.15) is 13.3 Å². The van der Waals surface area contributed by atoms with E-state index in [1.807, 2.05) is 13.0 Å². The standard InChI is InChI=1S/C14H19N3O2S/c1-11(6-8-15)17(2)20(18,19)14-5-3-4-12-10-16-9-7-13(12)14/h3-5,7,9-11H,6,8,15H2,1-2H3. The van der Waals surface area contributed by atoms with E-state index in [0.717, 1.165) is 5.39 Å². The third kappa shape index (κ3) is 2.67. The molecule has 1 aromatic heterocycles. The van der Waals surface area contributed by atoms with Crippen molar-refractivity contribution in [2.75, 3.05) is 13.6 Å². The van der Waals surface area contributed by atoms with E-state index in [0.29, 0.717) is 23.2 Å². The zero-order valence-corrected chi connectivity index (χ0v) is 12.5.